The number of nitrogens with zero attached hydrogens (tertiary/aromatic N) is 2. The fourth-order valence-electron chi connectivity index (χ4n) is 3.77. The molecule has 0 atom stereocenters. The lowest BCUT2D eigenvalue weighted by Crippen LogP contribution is -2.53. The van der Waals surface area contributed by atoms with Gasteiger partial charge in [0.1, 0.15) is 17.0 Å². The van der Waals surface area contributed by atoms with Gasteiger partial charge in [-0.2, -0.15) is 0 Å². The maximum atomic E-state index is 13.7. The van der Waals surface area contributed by atoms with Crippen molar-refractivity contribution in [2.45, 2.75) is 19.4 Å². The Morgan fingerprint density at radius 1 is 0.931 bits per heavy atom. The van der Waals surface area contributed by atoms with Crippen LogP contribution >= 0.6 is 0 Å². The van der Waals surface area contributed by atoms with Gasteiger partial charge in [0, 0.05) is 44.0 Å². The van der Waals surface area contributed by atoms with Crippen LogP contribution in [0, 0.1) is 17.0 Å². The van der Waals surface area contributed by atoms with E-state index in [2.05, 4.69) is 10.2 Å². The molecule has 0 aromatic heterocycles. The highest BCUT2D eigenvalue weighted by Gasteiger charge is 2.58. The number of halogens is 2. The molecule has 5 nitrogen and oxygen atoms in total. The third-order valence-electron chi connectivity index (χ3n) is 5.75. The molecule has 1 N–H and O–H groups in total. The number of benzene rings is 2. The predicted molar refractivity (Wildman–Crippen MR) is 105 cm³/mol. The van der Waals surface area contributed by atoms with E-state index in [1.165, 1.54) is 18.2 Å². The summed E-state index contributed by atoms with van der Waals surface area (Å²) in [4.78, 5) is 29.5. The Morgan fingerprint density at radius 2 is 1.59 bits per heavy atom. The summed E-state index contributed by atoms with van der Waals surface area (Å²) >= 11 is 0. The van der Waals surface area contributed by atoms with E-state index in [0.29, 0.717) is 44.6 Å². The Kier molecular flexibility index (Phi) is 5.22. The highest BCUT2D eigenvalue weighted by atomic mass is 19.1. The minimum Gasteiger partial charge on any atom is -0.368 e. The molecule has 0 unspecified atom stereocenters. The molecule has 2 aliphatic rings. The molecule has 1 aliphatic heterocycles. The van der Waals surface area contributed by atoms with E-state index in [-0.39, 0.29) is 30.0 Å². The van der Waals surface area contributed by atoms with Crippen LogP contribution in [-0.2, 0) is 16.1 Å². The van der Waals surface area contributed by atoms with Crippen molar-refractivity contribution in [2.75, 3.05) is 31.1 Å². The minimum atomic E-state index is -1.01. The van der Waals surface area contributed by atoms with Gasteiger partial charge >= 0.3 is 0 Å². The fraction of sp³-hybridized carbons (Fsp3) is 0.364. The van der Waals surface area contributed by atoms with E-state index in [0.717, 1.165) is 5.69 Å². The number of carbonyl (C=O) groups excluding carboxylic acids is 2. The quantitative estimate of drug-likeness (QED) is 0.787. The molecule has 0 radical (unpaired) electrons. The number of anilines is 1. The summed E-state index contributed by atoms with van der Waals surface area (Å²) < 4.78 is 26.8. The minimum absolute atomic E-state index is 0.0683. The van der Waals surface area contributed by atoms with Crippen LogP contribution in [0.15, 0.2) is 48.5 Å². The smallest absolute Gasteiger partial charge is 0.238 e. The van der Waals surface area contributed by atoms with Gasteiger partial charge in [-0.1, -0.05) is 18.2 Å². The summed E-state index contributed by atoms with van der Waals surface area (Å²) in [5.74, 6) is -1.13. The Hall–Kier alpha value is -2.96. The Morgan fingerprint density at radius 3 is 2.21 bits per heavy atom. The maximum Gasteiger partial charge on any atom is 0.238 e. The van der Waals surface area contributed by atoms with Crippen LogP contribution in [-0.4, -0.2) is 42.9 Å². The predicted octanol–water partition coefficient (Wildman–Crippen LogP) is 2.71. The molecule has 1 heterocycles. The van der Waals surface area contributed by atoms with Crippen LogP contribution in [0.4, 0.5) is 14.5 Å². The summed E-state index contributed by atoms with van der Waals surface area (Å²) in [6.45, 7) is 2.35. The van der Waals surface area contributed by atoms with Gasteiger partial charge < -0.3 is 15.1 Å². The van der Waals surface area contributed by atoms with Crippen LogP contribution in [0.3, 0.4) is 0 Å². The SMILES string of the molecule is O=C(NCc1ccccc1F)C1(C(=O)N2CCN(c3ccc(F)cc3)CC2)CC1. The molecule has 2 aromatic rings. The zero-order valence-electron chi connectivity index (χ0n) is 16.0. The first-order valence-corrected chi connectivity index (χ1v) is 9.81. The van der Waals surface area contributed by atoms with Crippen LogP contribution in [0.2, 0.25) is 0 Å². The lowest BCUT2D eigenvalue weighted by Gasteiger charge is -2.37. The van der Waals surface area contributed by atoms with Gasteiger partial charge in [0.25, 0.3) is 0 Å². The zero-order valence-corrected chi connectivity index (χ0v) is 16.0. The van der Waals surface area contributed by atoms with E-state index in [4.69, 9.17) is 0 Å². The van der Waals surface area contributed by atoms with Crippen molar-refractivity contribution in [1.29, 1.82) is 0 Å². The molecule has 0 bridgehead atoms. The second-order valence-corrected chi connectivity index (χ2v) is 7.61. The van der Waals surface area contributed by atoms with Crippen molar-refractivity contribution in [1.82, 2.24) is 10.2 Å². The second-order valence-electron chi connectivity index (χ2n) is 7.61. The third kappa shape index (κ3) is 3.95. The van der Waals surface area contributed by atoms with E-state index in [1.807, 2.05) is 0 Å². The number of carbonyl (C=O) groups is 2. The molecule has 0 spiro atoms. The number of nitrogens with one attached hydrogen (secondary N) is 1. The number of piperazine rings is 1. The Balaban J connectivity index is 1.34. The van der Waals surface area contributed by atoms with Gasteiger partial charge in [-0.3, -0.25) is 9.59 Å². The van der Waals surface area contributed by atoms with Crippen molar-refractivity contribution in [3.05, 3.63) is 65.7 Å². The molecule has 7 heteroatoms. The Labute approximate surface area is 168 Å². The third-order valence-corrected chi connectivity index (χ3v) is 5.75. The highest BCUT2D eigenvalue weighted by Crippen LogP contribution is 2.47. The zero-order chi connectivity index (χ0) is 20.4. The van der Waals surface area contributed by atoms with Crippen molar-refractivity contribution in [3.8, 4) is 0 Å². The average molecular weight is 399 g/mol. The number of amides is 2. The normalized spacial score (nSPS) is 17.7. The second kappa shape index (κ2) is 7.81. The van der Waals surface area contributed by atoms with Crippen molar-refractivity contribution in [2.24, 2.45) is 5.41 Å². The highest BCUT2D eigenvalue weighted by molar-refractivity contribution is 6.07. The lowest BCUT2D eigenvalue weighted by molar-refractivity contribution is -0.144. The van der Waals surface area contributed by atoms with E-state index in [1.54, 1.807) is 35.2 Å². The summed E-state index contributed by atoms with van der Waals surface area (Å²) in [7, 11) is 0. The van der Waals surface area contributed by atoms with Gasteiger partial charge in [0.2, 0.25) is 11.8 Å². The number of hydrogen-bond acceptors (Lipinski definition) is 3. The van der Waals surface area contributed by atoms with Crippen LogP contribution in [0.5, 0.6) is 0 Å². The maximum absolute atomic E-state index is 13.7. The van der Waals surface area contributed by atoms with E-state index in [9.17, 15) is 18.4 Å². The average Bonchev–Trinajstić information content (AvgIpc) is 3.55. The summed E-state index contributed by atoms with van der Waals surface area (Å²) in [6, 6.07) is 12.6. The number of hydrogen-bond donors (Lipinski definition) is 1. The van der Waals surface area contributed by atoms with Gasteiger partial charge in [-0.25, -0.2) is 8.78 Å². The van der Waals surface area contributed by atoms with Crippen molar-refractivity contribution < 1.29 is 18.4 Å². The first-order chi connectivity index (χ1) is 14.0. The van der Waals surface area contributed by atoms with Gasteiger partial charge in [-0.05, 0) is 43.2 Å². The summed E-state index contributed by atoms with van der Waals surface area (Å²) in [6.07, 6.45) is 1.04. The van der Waals surface area contributed by atoms with Crippen LogP contribution < -0.4 is 10.2 Å². The van der Waals surface area contributed by atoms with Gasteiger partial charge in [0.15, 0.2) is 0 Å². The topological polar surface area (TPSA) is 52.7 Å². The molecule has 2 aromatic carbocycles. The molecule has 1 saturated heterocycles. The van der Waals surface area contributed by atoms with Crippen molar-refractivity contribution in [3.63, 3.8) is 0 Å². The first-order valence-electron chi connectivity index (χ1n) is 9.81. The number of rotatable bonds is 5. The standard InChI is InChI=1S/C22H23F2N3O2/c23-17-5-7-18(8-6-17)26-11-13-27(14-12-26)21(29)22(9-10-22)20(28)25-15-16-3-1-2-4-19(16)24/h1-8H,9-15H2,(H,25,28). The molecule has 2 fully saturated rings. The largest absolute Gasteiger partial charge is 0.368 e. The van der Waals surface area contributed by atoms with E-state index < -0.39 is 5.41 Å². The molecular formula is C22H23F2N3O2. The molecular weight excluding hydrogens is 376 g/mol. The van der Waals surface area contributed by atoms with Crippen LogP contribution in [0.25, 0.3) is 0 Å². The lowest BCUT2D eigenvalue weighted by atomic mass is 10.0. The molecule has 2 amide bonds. The summed E-state index contributed by atoms with van der Waals surface area (Å²) in [5.41, 5.74) is 0.308. The monoisotopic (exact) mass is 399 g/mol. The van der Waals surface area contributed by atoms with Gasteiger partial charge in [0.05, 0.1) is 0 Å². The first kappa shape index (κ1) is 19.4. The van der Waals surface area contributed by atoms with Crippen LogP contribution in [0.1, 0.15) is 18.4 Å². The van der Waals surface area contributed by atoms with Gasteiger partial charge in [-0.15, -0.1) is 0 Å². The van der Waals surface area contributed by atoms with E-state index >= 15 is 0 Å². The Bertz CT molecular complexity index is 905. The molecule has 152 valence electrons. The molecule has 4 rings (SSSR count). The molecule has 1 saturated carbocycles. The molecule has 1 aliphatic carbocycles. The van der Waals surface area contributed by atoms with Crippen molar-refractivity contribution >= 4 is 17.5 Å². The fourth-order valence-corrected chi connectivity index (χ4v) is 3.77. The molecule has 29 heavy (non-hydrogen) atoms. The summed E-state index contributed by atoms with van der Waals surface area (Å²) in [5, 5.41) is 2.73.